The standard InChI is InChI=1S/C30H39FN4O/c1-25(2)30(24-33,26-8-4-3-5-9-26)16-6-18-34-20-14-28(15-21-34)35(19-7-17-32)22-23-36-29-12-10-27(31)11-13-29/h3-5,8-13,25,28H,6-7,14-16,18-23H2,1-2H3. The van der Waals surface area contributed by atoms with Crippen LogP contribution in [0.1, 0.15) is 51.5 Å². The number of halogens is 1. The molecule has 0 spiro atoms. The minimum atomic E-state index is -0.446. The Kier molecular flexibility index (Phi) is 10.7. The molecule has 1 saturated heterocycles. The molecule has 2 aromatic carbocycles. The Morgan fingerprint density at radius 1 is 1.06 bits per heavy atom. The molecule has 0 amide bonds. The van der Waals surface area contributed by atoms with E-state index in [-0.39, 0.29) is 11.7 Å². The van der Waals surface area contributed by atoms with Crippen molar-refractivity contribution in [2.45, 2.75) is 57.4 Å². The quantitative estimate of drug-likeness (QED) is 0.356. The smallest absolute Gasteiger partial charge is 0.123 e. The van der Waals surface area contributed by atoms with Crippen LogP contribution in [0.5, 0.6) is 5.75 Å². The zero-order chi connectivity index (χ0) is 25.8. The molecule has 0 aliphatic carbocycles. The molecule has 5 nitrogen and oxygen atoms in total. The van der Waals surface area contributed by atoms with E-state index in [0.29, 0.717) is 24.8 Å². The summed E-state index contributed by atoms with van der Waals surface area (Å²) in [7, 11) is 0. The van der Waals surface area contributed by atoms with Crippen LogP contribution >= 0.6 is 0 Å². The van der Waals surface area contributed by atoms with Crippen LogP contribution in [0.4, 0.5) is 4.39 Å². The summed E-state index contributed by atoms with van der Waals surface area (Å²) in [5.74, 6) is 0.644. The first kappa shape index (κ1) is 27.7. The maximum absolute atomic E-state index is 13.1. The molecule has 36 heavy (non-hydrogen) atoms. The summed E-state index contributed by atoms with van der Waals surface area (Å²) in [5, 5.41) is 19.3. The Morgan fingerprint density at radius 3 is 2.36 bits per heavy atom. The van der Waals surface area contributed by atoms with Crippen molar-refractivity contribution in [1.82, 2.24) is 9.80 Å². The highest BCUT2D eigenvalue weighted by Gasteiger charge is 2.35. The highest BCUT2D eigenvalue weighted by atomic mass is 19.1. The first-order chi connectivity index (χ1) is 17.5. The van der Waals surface area contributed by atoms with Crippen LogP contribution in [-0.4, -0.2) is 55.2 Å². The molecule has 0 radical (unpaired) electrons. The minimum Gasteiger partial charge on any atom is -0.492 e. The zero-order valence-corrected chi connectivity index (χ0v) is 21.7. The van der Waals surface area contributed by atoms with E-state index in [2.05, 4.69) is 47.9 Å². The number of piperidine rings is 1. The average molecular weight is 491 g/mol. The van der Waals surface area contributed by atoms with E-state index in [1.807, 2.05) is 18.2 Å². The molecule has 1 fully saturated rings. The summed E-state index contributed by atoms with van der Waals surface area (Å²) in [4.78, 5) is 4.89. The van der Waals surface area contributed by atoms with Gasteiger partial charge in [0.1, 0.15) is 18.2 Å². The monoisotopic (exact) mass is 490 g/mol. The van der Waals surface area contributed by atoms with E-state index in [1.54, 1.807) is 12.1 Å². The van der Waals surface area contributed by atoms with E-state index in [0.717, 1.165) is 64.0 Å². The van der Waals surface area contributed by atoms with Crippen molar-refractivity contribution in [2.75, 3.05) is 39.3 Å². The van der Waals surface area contributed by atoms with Crippen LogP contribution in [0.25, 0.3) is 0 Å². The Balaban J connectivity index is 1.47. The Bertz CT molecular complexity index is 990. The van der Waals surface area contributed by atoms with E-state index in [9.17, 15) is 9.65 Å². The second-order valence-corrected chi connectivity index (χ2v) is 10.0. The van der Waals surface area contributed by atoms with E-state index in [4.69, 9.17) is 10.00 Å². The molecule has 192 valence electrons. The normalized spacial score (nSPS) is 16.4. The summed E-state index contributed by atoms with van der Waals surface area (Å²) in [6.45, 7) is 9.36. The highest BCUT2D eigenvalue weighted by molar-refractivity contribution is 5.33. The maximum Gasteiger partial charge on any atom is 0.123 e. The van der Waals surface area contributed by atoms with Gasteiger partial charge in [0, 0.05) is 25.6 Å². The van der Waals surface area contributed by atoms with Crippen LogP contribution in [0, 0.1) is 34.4 Å². The number of ether oxygens (including phenoxy) is 1. The number of nitriles is 2. The van der Waals surface area contributed by atoms with Gasteiger partial charge in [-0.1, -0.05) is 44.2 Å². The topological polar surface area (TPSA) is 63.3 Å². The summed E-state index contributed by atoms with van der Waals surface area (Å²) >= 11 is 0. The number of nitrogens with zero attached hydrogens (tertiary/aromatic N) is 4. The largest absolute Gasteiger partial charge is 0.492 e. The first-order valence-electron chi connectivity index (χ1n) is 13.2. The third-order valence-electron chi connectivity index (χ3n) is 7.56. The van der Waals surface area contributed by atoms with Crippen molar-refractivity contribution in [2.24, 2.45) is 5.92 Å². The minimum absolute atomic E-state index is 0.251. The fraction of sp³-hybridized carbons (Fsp3) is 0.533. The van der Waals surface area contributed by atoms with Gasteiger partial charge in [0.05, 0.1) is 17.6 Å². The molecule has 0 bridgehead atoms. The Labute approximate surface area is 216 Å². The van der Waals surface area contributed by atoms with Gasteiger partial charge >= 0.3 is 0 Å². The van der Waals surface area contributed by atoms with Crippen LogP contribution in [0.2, 0.25) is 0 Å². The molecule has 1 unspecified atom stereocenters. The maximum atomic E-state index is 13.1. The lowest BCUT2D eigenvalue weighted by Crippen LogP contribution is -2.46. The fourth-order valence-corrected chi connectivity index (χ4v) is 5.32. The van der Waals surface area contributed by atoms with Crippen LogP contribution in [-0.2, 0) is 5.41 Å². The Morgan fingerprint density at radius 2 is 1.75 bits per heavy atom. The predicted octanol–water partition coefficient (Wildman–Crippen LogP) is 5.78. The van der Waals surface area contributed by atoms with E-state index >= 15 is 0 Å². The van der Waals surface area contributed by atoms with Gasteiger partial charge in [-0.15, -0.1) is 0 Å². The van der Waals surface area contributed by atoms with Crippen molar-refractivity contribution in [3.63, 3.8) is 0 Å². The molecule has 0 saturated carbocycles. The van der Waals surface area contributed by atoms with Crippen molar-refractivity contribution in [3.8, 4) is 17.9 Å². The molecule has 1 heterocycles. The van der Waals surface area contributed by atoms with E-state index < -0.39 is 5.41 Å². The zero-order valence-electron chi connectivity index (χ0n) is 21.7. The molecule has 1 aliphatic heterocycles. The predicted molar refractivity (Wildman–Crippen MR) is 141 cm³/mol. The average Bonchev–Trinajstić information content (AvgIpc) is 2.90. The number of likely N-dealkylation sites (tertiary alicyclic amines) is 1. The van der Waals surface area contributed by atoms with Crippen molar-refractivity contribution < 1.29 is 9.13 Å². The lowest BCUT2D eigenvalue weighted by atomic mass is 9.70. The number of hydrogen-bond acceptors (Lipinski definition) is 5. The first-order valence-corrected chi connectivity index (χ1v) is 13.2. The molecule has 1 atom stereocenters. The molecule has 0 N–H and O–H groups in total. The summed E-state index contributed by atoms with van der Waals surface area (Å²) in [6.07, 6.45) is 4.49. The van der Waals surface area contributed by atoms with Gasteiger partial charge in [0.15, 0.2) is 0 Å². The molecular weight excluding hydrogens is 451 g/mol. The molecule has 2 aromatic rings. The summed E-state index contributed by atoms with van der Waals surface area (Å²) in [6, 6.07) is 21.7. The van der Waals surface area contributed by atoms with Gasteiger partial charge in [0.2, 0.25) is 0 Å². The summed E-state index contributed by atoms with van der Waals surface area (Å²) < 4.78 is 18.9. The third kappa shape index (κ3) is 7.53. The van der Waals surface area contributed by atoms with Crippen molar-refractivity contribution >= 4 is 0 Å². The molecule has 0 aromatic heterocycles. The fourth-order valence-electron chi connectivity index (χ4n) is 5.32. The van der Waals surface area contributed by atoms with Crippen LogP contribution in [0.3, 0.4) is 0 Å². The van der Waals surface area contributed by atoms with Gasteiger partial charge in [-0.25, -0.2) is 4.39 Å². The van der Waals surface area contributed by atoms with Crippen LogP contribution in [0.15, 0.2) is 54.6 Å². The van der Waals surface area contributed by atoms with Crippen molar-refractivity contribution in [3.05, 3.63) is 66.0 Å². The lowest BCUT2D eigenvalue weighted by molar-refractivity contribution is 0.0945. The number of benzene rings is 2. The highest BCUT2D eigenvalue weighted by Crippen LogP contribution is 2.36. The number of hydrogen-bond donors (Lipinski definition) is 0. The Hall–Kier alpha value is -2.93. The van der Waals surface area contributed by atoms with Crippen LogP contribution < -0.4 is 4.74 Å². The van der Waals surface area contributed by atoms with Gasteiger partial charge < -0.3 is 9.64 Å². The SMILES string of the molecule is CC(C)C(C#N)(CCCN1CCC(N(CCC#N)CCOc2ccc(F)cc2)CC1)c1ccccc1. The molecular formula is C30H39FN4O. The van der Waals surface area contributed by atoms with E-state index in [1.165, 1.54) is 12.1 Å². The second kappa shape index (κ2) is 14.0. The van der Waals surface area contributed by atoms with Gasteiger partial charge in [0.25, 0.3) is 0 Å². The van der Waals surface area contributed by atoms with Crippen molar-refractivity contribution in [1.29, 1.82) is 10.5 Å². The summed E-state index contributed by atoms with van der Waals surface area (Å²) in [5.41, 5.74) is 0.676. The van der Waals surface area contributed by atoms with Gasteiger partial charge in [-0.2, -0.15) is 10.5 Å². The van der Waals surface area contributed by atoms with Gasteiger partial charge in [-0.3, -0.25) is 4.90 Å². The van der Waals surface area contributed by atoms with Gasteiger partial charge in [-0.05, 0) is 81.1 Å². The lowest BCUT2D eigenvalue weighted by Gasteiger charge is -2.39. The third-order valence-corrected chi connectivity index (χ3v) is 7.56. The number of rotatable bonds is 13. The molecule has 1 aliphatic rings. The second-order valence-electron chi connectivity index (χ2n) is 10.0. The molecule has 3 rings (SSSR count). The molecule has 6 heteroatoms.